The van der Waals surface area contributed by atoms with Gasteiger partial charge in [-0.1, -0.05) is 0 Å². The molecule has 1 fully saturated rings. The van der Waals surface area contributed by atoms with Crippen molar-refractivity contribution in [2.24, 2.45) is 0 Å². The molecule has 0 aromatic heterocycles. The molecule has 0 aliphatic carbocycles. The van der Waals surface area contributed by atoms with Crippen molar-refractivity contribution in [3.05, 3.63) is 54.3 Å². The lowest BCUT2D eigenvalue weighted by atomic mass is 10.1. The molecule has 0 radical (unpaired) electrons. The molecule has 3 N–H and O–H groups in total. The topological polar surface area (TPSA) is 99.8 Å². The SMILES string of the molecule is COc1ccc(NC(=O)N2CCNC(=O)[C@@H]2CC(=O)Nc2ccc(F)cc2)cc1. The Hall–Kier alpha value is -3.62. The molecular weight excluding hydrogens is 379 g/mol. The van der Waals surface area contributed by atoms with Gasteiger partial charge in [-0.2, -0.15) is 0 Å². The maximum absolute atomic E-state index is 13.0. The number of nitrogens with zero attached hydrogens (tertiary/aromatic N) is 1. The molecule has 8 nitrogen and oxygen atoms in total. The lowest BCUT2D eigenvalue weighted by Gasteiger charge is -2.34. The first-order valence-corrected chi connectivity index (χ1v) is 9.01. The van der Waals surface area contributed by atoms with Gasteiger partial charge in [0.25, 0.3) is 0 Å². The number of ether oxygens (including phenoxy) is 1. The number of benzene rings is 2. The van der Waals surface area contributed by atoms with Gasteiger partial charge in [0.2, 0.25) is 11.8 Å². The normalized spacial score (nSPS) is 16.0. The molecule has 3 rings (SSSR count). The van der Waals surface area contributed by atoms with E-state index in [9.17, 15) is 18.8 Å². The second-order valence-corrected chi connectivity index (χ2v) is 6.42. The zero-order chi connectivity index (χ0) is 20.8. The molecule has 0 bridgehead atoms. The first kappa shape index (κ1) is 20.1. The molecule has 0 spiro atoms. The van der Waals surface area contributed by atoms with Crippen LogP contribution >= 0.6 is 0 Å². The van der Waals surface area contributed by atoms with Gasteiger partial charge >= 0.3 is 6.03 Å². The van der Waals surface area contributed by atoms with Gasteiger partial charge < -0.3 is 25.6 Å². The molecule has 1 atom stereocenters. The van der Waals surface area contributed by atoms with Crippen molar-refractivity contribution in [3.8, 4) is 5.75 Å². The molecule has 4 amide bonds. The minimum atomic E-state index is -0.956. The van der Waals surface area contributed by atoms with Gasteiger partial charge in [-0.05, 0) is 48.5 Å². The van der Waals surface area contributed by atoms with Crippen LogP contribution in [0.25, 0.3) is 0 Å². The van der Waals surface area contributed by atoms with E-state index in [4.69, 9.17) is 4.74 Å². The third-order valence-electron chi connectivity index (χ3n) is 4.44. The van der Waals surface area contributed by atoms with Crippen LogP contribution in [0.4, 0.5) is 20.6 Å². The Morgan fingerprint density at radius 2 is 1.72 bits per heavy atom. The maximum atomic E-state index is 13.0. The van der Waals surface area contributed by atoms with Crippen molar-refractivity contribution in [2.75, 3.05) is 30.8 Å². The monoisotopic (exact) mass is 400 g/mol. The van der Waals surface area contributed by atoms with Gasteiger partial charge in [0.1, 0.15) is 17.6 Å². The minimum absolute atomic E-state index is 0.223. The summed E-state index contributed by atoms with van der Waals surface area (Å²) < 4.78 is 18.1. The summed E-state index contributed by atoms with van der Waals surface area (Å²) in [4.78, 5) is 38.7. The molecule has 2 aromatic carbocycles. The predicted molar refractivity (Wildman–Crippen MR) is 105 cm³/mol. The van der Waals surface area contributed by atoms with E-state index in [1.54, 1.807) is 31.4 Å². The zero-order valence-corrected chi connectivity index (χ0v) is 15.8. The van der Waals surface area contributed by atoms with Crippen LogP contribution in [-0.2, 0) is 9.59 Å². The number of hydrogen-bond acceptors (Lipinski definition) is 4. The Morgan fingerprint density at radius 3 is 2.38 bits per heavy atom. The number of hydrogen-bond donors (Lipinski definition) is 3. The summed E-state index contributed by atoms with van der Waals surface area (Å²) in [5, 5.41) is 7.99. The summed E-state index contributed by atoms with van der Waals surface area (Å²) >= 11 is 0. The fourth-order valence-electron chi connectivity index (χ4n) is 2.95. The summed E-state index contributed by atoms with van der Waals surface area (Å²) in [6.45, 7) is 0.563. The number of methoxy groups -OCH3 is 1. The van der Waals surface area contributed by atoms with Crippen molar-refractivity contribution in [1.29, 1.82) is 0 Å². The van der Waals surface area contributed by atoms with Gasteiger partial charge in [-0.15, -0.1) is 0 Å². The molecule has 1 heterocycles. The highest BCUT2D eigenvalue weighted by molar-refractivity contribution is 5.99. The fourth-order valence-corrected chi connectivity index (χ4v) is 2.95. The number of anilines is 2. The van der Waals surface area contributed by atoms with Crippen molar-refractivity contribution < 1.29 is 23.5 Å². The number of amides is 4. The molecule has 1 aliphatic heterocycles. The first-order valence-electron chi connectivity index (χ1n) is 9.01. The minimum Gasteiger partial charge on any atom is -0.497 e. The smallest absolute Gasteiger partial charge is 0.322 e. The molecular formula is C20H21FN4O4. The number of carbonyl (C=O) groups is 3. The lowest BCUT2D eigenvalue weighted by Crippen LogP contribution is -2.59. The molecule has 9 heteroatoms. The van der Waals surface area contributed by atoms with Crippen LogP contribution in [0.2, 0.25) is 0 Å². The molecule has 1 saturated heterocycles. The van der Waals surface area contributed by atoms with Gasteiger partial charge in [0.05, 0.1) is 13.5 Å². The van der Waals surface area contributed by atoms with Crippen molar-refractivity contribution in [2.45, 2.75) is 12.5 Å². The van der Waals surface area contributed by atoms with Crippen LogP contribution in [0.3, 0.4) is 0 Å². The first-order chi connectivity index (χ1) is 14.0. The number of rotatable bonds is 5. The maximum Gasteiger partial charge on any atom is 0.322 e. The molecule has 2 aromatic rings. The summed E-state index contributed by atoms with van der Waals surface area (Å²) in [5.74, 6) is -0.636. The number of halogens is 1. The van der Waals surface area contributed by atoms with E-state index in [0.29, 0.717) is 23.7 Å². The highest BCUT2D eigenvalue weighted by Gasteiger charge is 2.34. The van der Waals surface area contributed by atoms with Gasteiger partial charge in [0, 0.05) is 24.5 Å². The summed E-state index contributed by atoms with van der Waals surface area (Å²) in [6, 6.07) is 10.6. The Labute approximate surface area is 167 Å². The number of carbonyl (C=O) groups excluding carboxylic acids is 3. The van der Waals surface area contributed by atoms with Crippen LogP contribution in [0.15, 0.2) is 48.5 Å². The Morgan fingerprint density at radius 1 is 1.10 bits per heavy atom. The quantitative estimate of drug-likeness (QED) is 0.716. The van der Waals surface area contributed by atoms with E-state index < -0.39 is 29.7 Å². The molecule has 0 saturated carbocycles. The van der Waals surface area contributed by atoms with E-state index in [1.165, 1.54) is 29.2 Å². The van der Waals surface area contributed by atoms with Crippen LogP contribution in [0.5, 0.6) is 5.75 Å². The van der Waals surface area contributed by atoms with E-state index in [-0.39, 0.29) is 13.0 Å². The summed E-state index contributed by atoms with van der Waals surface area (Å²) in [5.41, 5.74) is 0.943. The Kier molecular flexibility index (Phi) is 6.28. The number of nitrogens with one attached hydrogen (secondary N) is 3. The number of piperazine rings is 1. The van der Waals surface area contributed by atoms with E-state index in [2.05, 4.69) is 16.0 Å². The van der Waals surface area contributed by atoms with Crippen LogP contribution in [0.1, 0.15) is 6.42 Å². The standard InChI is InChI=1S/C20H21FN4O4/c1-29-16-8-6-15(7-9-16)24-20(28)25-11-10-22-19(27)17(25)12-18(26)23-14-4-2-13(21)3-5-14/h2-9,17H,10-12H2,1H3,(H,22,27)(H,23,26)(H,24,28)/t17-/m0/s1. The summed E-state index contributed by atoms with van der Waals surface area (Å²) in [7, 11) is 1.54. The van der Waals surface area contributed by atoms with E-state index in [1.807, 2.05) is 0 Å². The van der Waals surface area contributed by atoms with Gasteiger partial charge in [-0.3, -0.25) is 9.59 Å². The lowest BCUT2D eigenvalue weighted by molar-refractivity contribution is -0.130. The predicted octanol–water partition coefficient (Wildman–Crippen LogP) is 2.20. The second kappa shape index (κ2) is 9.05. The van der Waals surface area contributed by atoms with Crippen LogP contribution in [0, 0.1) is 5.82 Å². The third kappa shape index (κ3) is 5.22. The highest BCUT2D eigenvalue weighted by atomic mass is 19.1. The van der Waals surface area contributed by atoms with Crippen molar-refractivity contribution in [3.63, 3.8) is 0 Å². The Bertz CT molecular complexity index is 886. The molecule has 1 aliphatic rings. The average molecular weight is 400 g/mol. The highest BCUT2D eigenvalue weighted by Crippen LogP contribution is 2.18. The average Bonchev–Trinajstić information content (AvgIpc) is 2.71. The zero-order valence-electron chi connectivity index (χ0n) is 15.8. The fraction of sp³-hybridized carbons (Fsp3) is 0.250. The van der Waals surface area contributed by atoms with Gasteiger partial charge in [-0.25, -0.2) is 9.18 Å². The van der Waals surface area contributed by atoms with Crippen molar-refractivity contribution in [1.82, 2.24) is 10.2 Å². The molecule has 152 valence electrons. The van der Waals surface area contributed by atoms with E-state index >= 15 is 0 Å². The van der Waals surface area contributed by atoms with Crippen LogP contribution in [-0.4, -0.2) is 49.0 Å². The van der Waals surface area contributed by atoms with Crippen LogP contribution < -0.4 is 20.7 Å². The molecule has 29 heavy (non-hydrogen) atoms. The number of urea groups is 1. The summed E-state index contributed by atoms with van der Waals surface area (Å²) in [6.07, 6.45) is -0.223. The largest absolute Gasteiger partial charge is 0.497 e. The third-order valence-corrected chi connectivity index (χ3v) is 4.44. The Balaban J connectivity index is 1.65. The van der Waals surface area contributed by atoms with Gasteiger partial charge in [0.15, 0.2) is 0 Å². The van der Waals surface area contributed by atoms with Crippen molar-refractivity contribution >= 4 is 29.2 Å². The van der Waals surface area contributed by atoms with E-state index in [0.717, 1.165) is 0 Å². The molecule has 0 unspecified atom stereocenters. The second-order valence-electron chi connectivity index (χ2n) is 6.42.